The monoisotopic (exact) mass is 533 g/mol. The van der Waals surface area contributed by atoms with Crippen molar-refractivity contribution in [2.45, 2.75) is 64.4 Å². The third-order valence-electron chi connectivity index (χ3n) is 6.74. The molecule has 0 bridgehead atoms. The van der Waals surface area contributed by atoms with E-state index in [2.05, 4.69) is 0 Å². The van der Waals surface area contributed by atoms with Crippen molar-refractivity contribution < 1.29 is 37.7 Å². The molecule has 0 heterocycles. The number of carboxylic acid groups (broad SMARTS) is 1. The second kappa shape index (κ2) is 15.3. The highest BCUT2D eigenvalue weighted by Gasteiger charge is 2.20. The van der Waals surface area contributed by atoms with Crippen LogP contribution in [0.4, 0.5) is 13.6 Å². The summed E-state index contributed by atoms with van der Waals surface area (Å²) in [7, 11) is 0. The van der Waals surface area contributed by atoms with Crippen molar-refractivity contribution >= 4 is 12.1 Å². The Balaban J connectivity index is 1.54. The molecule has 38 heavy (non-hydrogen) atoms. The summed E-state index contributed by atoms with van der Waals surface area (Å²) >= 11 is 0. The number of rotatable bonds is 14. The lowest BCUT2D eigenvalue weighted by atomic mass is 9.86. The summed E-state index contributed by atoms with van der Waals surface area (Å²) in [6.45, 7) is 2.98. The van der Waals surface area contributed by atoms with Gasteiger partial charge in [0.05, 0.1) is 6.54 Å². The molecule has 1 aliphatic rings. The Morgan fingerprint density at radius 2 is 1.71 bits per heavy atom. The van der Waals surface area contributed by atoms with Crippen molar-refractivity contribution in [3.05, 3.63) is 59.7 Å². The van der Waals surface area contributed by atoms with Gasteiger partial charge in [-0.05, 0) is 55.5 Å². The van der Waals surface area contributed by atoms with Crippen LogP contribution in [0.3, 0.4) is 0 Å². The van der Waals surface area contributed by atoms with Crippen LogP contribution in [0, 0.1) is 17.6 Å². The first-order chi connectivity index (χ1) is 18.4. The van der Waals surface area contributed by atoms with Crippen LogP contribution in [0.5, 0.6) is 11.5 Å². The number of nitrogens with zero attached hydrogens (tertiary/aromatic N) is 1. The van der Waals surface area contributed by atoms with E-state index >= 15 is 0 Å². The number of carbonyl (C=O) groups is 2. The molecule has 1 fully saturated rings. The van der Waals surface area contributed by atoms with Crippen molar-refractivity contribution in [1.82, 2.24) is 4.90 Å². The second-order valence-electron chi connectivity index (χ2n) is 9.56. The fraction of sp³-hybridized carbons (Fsp3) is 0.517. The van der Waals surface area contributed by atoms with Crippen LogP contribution in [0.1, 0.15) is 57.4 Å². The highest BCUT2D eigenvalue weighted by Crippen LogP contribution is 2.27. The van der Waals surface area contributed by atoms with Gasteiger partial charge in [-0.15, -0.1) is 0 Å². The molecule has 7 nitrogen and oxygen atoms in total. The van der Waals surface area contributed by atoms with Gasteiger partial charge in [-0.25, -0.2) is 18.4 Å². The molecule has 0 radical (unpaired) electrons. The van der Waals surface area contributed by atoms with Crippen molar-refractivity contribution in [1.29, 1.82) is 0 Å². The molecule has 0 aromatic heterocycles. The molecule has 3 rings (SSSR count). The van der Waals surface area contributed by atoms with Crippen LogP contribution >= 0.6 is 0 Å². The second-order valence-corrected chi connectivity index (χ2v) is 9.56. The Morgan fingerprint density at radius 1 is 1.00 bits per heavy atom. The number of hydrogen-bond donors (Lipinski definition) is 1. The van der Waals surface area contributed by atoms with Crippen molar-refractivity contribution in [3.63, 3.8) is 0 Å². The number of benzene rings is 2. The van der Waals surface area contributed by atoms with Gasteiger partial charge >= 0.3 is 12.1 Å². The Labute approximate surface area is 222 Å². The Hall–Kier alpha value is -3.20. The van der Waals surface area contributed by atoms with Crippen molar-refractivity contribution in [3.8, 4) is 11.5 Å². The van der Waals surface area contributed by atoms with E-state index in [1.165, 1.54) is 43.1 Å². The van der Waals surface area contributed by atoms with E-state index in [1.54, 1.807) is 31.2 Å². The standard InChI is InChI=1S/C29H37F2NO6/c1-2-36-27(28(33)34)19-22-10-12-23(13-11-22)37-18-17-32(16-6-9-21-7-4-3-5-8-21)29(35)38-24-14-15-25(30)26(31)20-24/h10-15,20-21,27H,2-9,16-19H2,1H3,(H,33,34). The van der Waals surface area contributed by atoms with Crippen LogP contribution < -0.4 is 9.47 Å². The number of carboxylic acids is 1. The zero-order chi connectivity index (χ0) is 27.3. The van der Waals surface area contributed by atoms with Crippen LogP contribution in [-0.2, 0) is 16.0 Å². The van der Waals surface area contributed by atoms with Gasteiger partial charge in [0.25, 0.3) is 0 Å². The number of hydrogen-bond acceptors (Lipinski definition) is 5. The van der Waals surface area contributed by atoms with Gasteiger partial charge in [-0.1, -0.05) is 44.2 Å². The van der Waals surface area contributed by atoms with Crippen LogP contribution in [0.2, 0.25) is 0 Å². The van der Waals surface area contributed by atoms with Gasteiger partial charge in [-0.2, -0.15) is 0 Å². The lowest BCUT2D eigenvalue weighted by molar-refractivity contribution is -0.149. The molecule has 1 saturated carbocycles. The van der Waals surface area contributed by atoms with Gasteiger partial charge in [-0.3, -0.25) is 0 Å². The van der Waals surface area contributed by atoms with E-state index < -0.39 is 29.8 Å². The molecule has 1 atom stereocenters. The molecular formula is C29H37F2NO6. The maximum atomic E-state index is 13.6. The molecule has 9 heteroatoms. The molecule has 1 aliphatic carbocycles. The molecule has 2 aromatic carbocycles. The van der Waals surface area contributed by atoms with Gasteiger partial charge in [0.2, 0.25) is 0 Å². The normalized spacial score (nSPS) is 14.6. The molecule has 0 saturated heterocycles. The highest BCUT2D eigenvalue weighted by atomic mass is 19.2. The predicted molar refractivity (Wildman–Crippen MR) is 138 cm³/mol. The van der Waals surface area contributed by atoms with Crippen molar-refractivity contribution in [2.24, 2.45) is 5.92 Å². The van der Waals surface area contributed by atoms with E-state index in [4.69, 9.17) is 14.2 Å². The lowest BCUT2D eigenvalue weighted by Gasteiger charge is -2.25. The minimum Gasteiger partial charge on any atom is -0.492 e. The number of ether oxygens (including phenoxy) is 3. The molecule has 0 spiro atoms. The van der Waals surface area contributed by atoms with E-state index in [0.717, 1.165) is 30.5 Å². The van der Waals surface area contributed by atoms with E-state index in [0.29, 0.717) is 24.8 Å². The summed E-state index contributed by atoms with van der Waals surface area (Å²) in [4.78, 5) is 25.7. The molecule has 1 unspecified atom stereocenters. The predicted octanol–water partition coefficient (Wildman–Crippen LogP) is 6.24. The number of amides is 1. The largest absolute Gasteiger partial charge is 0.492 e. The molecule has 1 amide bonds. The summed E-state index contributed by atoms with van der Waals surface area (Å²) in [5.74, 6) is -1.91. The lowest BCUT2D eigenvalue weighted by Crippen LogP contribution is -2.37. The zero-order valence-electron chi connectivity index (χ0n) is 21.9. The fourth-order valence-electron chi connectivity index (χ4n) is 4.67. The average Bonchev–Trinajstić information content (AvgIpc) is 2.91. The maximum Gasteiger partial charge on any atom is 0.415 e. The summed E-state index contributed by atoms with van der Waals surface area (Å²) in [6, 6.07) is 10.0. The molecule has 2 aromatic rings. The Bertz CT molecular complexity index is 1030. The maximum absolute atomic E-state index is 13.6. The number of halogens is 2. The van der Waals surface area contributed by atoms with Gasteiger partial charge < -0.3 is 24.2 Å². The minimum atomic E-state index is -1.08. The van der Waals surface area contributed by atoms with Crippen molar-refractivity contribution in [2.75, 3.05) is 26.3 Å². The molecule has 1 N–H and O–H groups in total. The Kier molecular flexibility index (Phi) is 11.8. The smallest absolute Gasteiger partial charge is 0.415 e. The highest BCUT2D eigenvalue weighted by molar-refractivity contribution is 5.72. The number of aliphatic carboxylic acids is 1. The van der Waals surface area contributed by atoms with Crippen LogP contribution in [0.15, 0.2) is 42.5 Å². The summed E-state index contributed by atoms with van der Waals surface area (Å²) in [6.07, 6.45) is 6.76. The summed E-state index contributed by atoms with van der Waals surface area (Å²) < 4.78 is 43.2. The fourth-order valence-corrected chi connectivity index (χ4v) is 4.67. The third-order valence-corrected chi connectivity index (χ3v) is 6.74. The molecular weight excluding hydrogens is 496 g/mol. The third kappa shape index (κ3) is 9.59. The van der Waals surface area contributed by atoms with Gasteiger partial charge in [0.1, 0.15) is 18.1 Å². The molecule has 208 valence electrons. The Morgan fingerprint density at radius 3 is 2.37 bits per heavy atom. The first-order valence-corrected chi connectivity index (χ1v) is 13.3. The summed E-state index contributed by atoms with van der Waals surface area (Å²) in [5, 5.41) is 9.26. The SMILES string of the molecule is CCOC(Cc1ccc(OCCN(CCCC2CCCCC2)C(=O)Oc2ccc(F)c(F)c2)cc1)C(=O)O. The van der Waals surface area contributed by atoms with E-state index in [-0.39, 0.29) is 25.3 Å². The zero-order valence-corrected chi connectivity index (χ0v) is 21.9. The van der Waals surface area contributed by atoms with Crippen LogP contribution in [-0.4, -0.2) is 54.5 Å². The van der Waals surface area contributed by atoms with E-state index in [9.17, 15) is 23.5 Å². The topological polar surface area (TPSA) is 85.3 Å². The molecule has 0 aliphatic heterocycles. The first-order valence-electron chi connectivity index (χ1n) is 13.3. The quantitative estimate of drug-likeness (QED) is 0.310. The summed E-state index contributed by atoms with van der Waals surface area (Å²) in [5.41, 5.74) is 0.803. The average molecular weight is 534 g/mol. The van der Waals surface area contributed by atoms with Crippen LogP contribution in [0.25, 0.3) is 0 Å². The van der Waals surface area contributed by atoms with Gasteiger partial charge in [0.15, 0.2) is 17.7 Å². The van der Waals surface area contributed by atoms with Gasteiger partial charge in [0, 0.05) is 25.6 Å². The first kappa shape index (κ1) is 29.4. The van der Waals surface area contributed by atoms with E-state index in [1.807, 2.05) is 0 Å². The minimum absolute atomic E-state index is 0.0607. The number of carbonyl (C=O) groups excluding carboxylic acids is 1.